The van der Waals surface area contributed by atoms with Crippen LogP contribution in [0.15, 0.2) is 23.0 Å². The normalized spacial score (nSPS) is 42.5. The van der Waals surface area contributed by atoms with E-state index in [1.165, 1.54) is 12.5 Å². The van der Waals surface area contributed by atoms with Gasteiger partial charge in [-0.2, -0.15) is 0 Å². The Labute approximate surface area is 150 Å². The van der Waals surface area contributed by atoms with E-state index in [1.54, 1.807) is 6.07 Å². The molecule has 26 heavy (non-hydrogen) atoms. The van der Waals surface area contributed by atoms with Crippen LogP contribution < -0.4 is 0 Å². The molecule has 0 spiro atoms. The van der Waals surface area contributed by atoms with Crippen LogP contribution in [0.1, 0.15) is 44.3 Å². The van der Waals surface area contributed by atoms with Crippen molar-refractivity contribution < 1.29 is 33.8 Å². The molecule has 2 saturated carbocycles. The topological polar surface area (TPSA) is 114 Å². The molecule has 2 heterocycles. The van der Waals surface area contributed by atoms with Gasteiger partial charge in [-0.15, -0.1) is 0 Å². The van der Waals surface area contributed by atoms with Gasteiger partial charge in [0.1, 0.15) is 11.9 Å². The highest BCUT2D eigenvalue weighted by Gasteiger charge is 2.62. The maximum Gasteiger partial charge on any atom is 0.310 e. The fourth-order valence-electron chi connectivity index (χ4n) is 5.42. The first-order valence-electron chi connectivity index (χ1n) is 8.97. The number of cyclic esters (lactones) is 1. The van der Waals surface area contributed by atoms with E-state index in [2.05, 4.69) is 0 Å². The van der Waals surface area contributed by atoms with Gasteiger partial charge in [0.2, 0.25) is 0 Å². The second-order valence-corrected chi connectivity index (χ2v) is 8.12. The Kier molecular flexibility index (Phi) is 3.95. The second kappa shape index (κ2) is 5.94. The molecule has 2 aliphatic carbocycles. The predicted octanol–water partition coefficient (Wildman–Crippen LogP) is 1.95. The third-order valence-corrected chi connectivity index (χ3v) is 6.74. The summed E-state index contributed by atoms with van der Waals surface area (Å²) in [5.41, 5.74) is 0.142. The van der Waals surface area contributed by atoms with Gasteiger partial charge in [-0.25, -0.2) is 0 Å². The number of aliphatic hydroxyl groups is 1. The maximum absolute atomic E-state index is 12.7. The number of ketones is 1. The molecule has 0 bridgehead atoms. The highest BCUT2D eigenvalue weighted by atomic mass is 16.5. The second-order valence-electron chi connectivity index (χ2n) is 8.12. The summed E-state index contributed by atoms with van der Waals surface area (Å²) < 4.78 is 10.7. The highest BCUT2D eigenvalue weighted by molar-refractivity contribution is 5.92. The number of carbonyl (C=O) groups is 3. The fraction of sp³-hybridized carbons (Fsp3) is 0.632. The molecule has 1 aromatic rings. The van der Waals surface area contributed by atoms with Gasteiger partial charge in [0.25, 0.3) is 0 Å². The summed E-state index contributed by atoms with van der Waals surface area (Å²) in [7, 11) is 0. The Balaban J connectivity index is 1.73. The van der Waals surface area contributed by atoms with Crippen LogP contribution in [0.2, 0.25) is 0 Å². The number of carboxylic acid groups (broad SMARTS) is 1. The van der Waals surface area contributed by atoms with Crippen LogP contribution in [0.5, 0.6) is 0 Å². The number of fused-ring (bicyclic) bond motifs is 3. The fourth-order valence-corrected chi connectivity index (χ4v) is 5.42. The van der Waals surface area contributed by atoms with Crippen molar-refractivity contribution in [1.29, 1.82) is 0 Å². The molecule has 2 N–H and O–H groups in total. The zero-order valence-corrected chi connectivity index (χ0v) is 14.5. The third kappa shape index (κ3) is 2.48. The molecule has 7 nitrogen and oxygen atoms in total. The molecule has 140 valence electrons. The molecular weight excluding hydrogens is 340 g/mol. The van der Waals surface area contributed by atoms with E-state index in [0.29, 0.717) is 12.8 Å². The lowest BCUT2D eigenvalue weighted by Gasteiger charge is -2.56. The number of hydrogen-bond donors (Lipinski definition) is 2. The summed E-state index contributed by atoms with van der Waals surface area (Å²) in [4.78, 5) is 37.1. The molecule has 3 fully saturated rings. The smallest absolute Gasteiger partial charge is 0.310 e. The van der Waals surface area contributed by atoms with E-state index in [1.807, 2.05) is 6.92 Å². The van der Waals surface area contributed by atoms with Gasteiger partial charge in [-0.05, 0) is 36.7 Å². The van der Waals surface area contributed by atoms with E-state index in [9.17, 15) is 24.6 Å². The molecule has 7 heteroatoms. The largest absolute Gasteiger partial charge is 0.481 e. The SMILES string of the molecule is C[C@@]12C[C@@H](c3ccoc3)OC(=O)[C@H]1CC(=O)[C@H]1[C@H]2C[C@@H](O)C[C@H]1C(=O)O. The Morgan fingerprint density at radius 1 is 1.31 bits per heavy atom. The lowest BCUT2D eigenvalue weighted by molar-refractivity contribution is -0.196. The number of carbonyl (C=O) groups excluding carboxylic acids is 2. The number of ether oxygens (including phenoxy) is 1. The van der Waals surface area contributed by atoms with E-state index >= 15 is 0 Å². The van der Waals surface area contributed by atoms with Crippen molar-refractivity contribution in [3.63, 3.8) is 0 Å². The van der Waals surface area contributed by atoms with Gasteiger partial charge >= 0.3 is 11.9 Å². The molecule has 0 radical (unpaired) electrons. The maximum atomic E-state index is 12.7. The van der Waals surface area contributed by atoms with Crippen molar-refractivity contribution in [3.05, 3.63) is 24.2 Å². The van der Waals surface area contributed by atoms with Crippen molar-refractivity contribution in [2.24, 2.45) is 29.1 Å². The van der Waals surface area contributed by atoms with E-state index < -0.39 is 47.3 Å². The first-order chi connectivity index (χ1) is 12.3. The van der Waals surface area contributed by atoms with Crippen LogP contribution in [0, 0.1) is 29.1 Å². The summed E-state index contributed by atoms with van der Waals surface area (Å²) >= 11 is 0. The molecule has 0 amide bonds. The number of furan rings is 1. The minimum absolute atomic E-state index is 0.00841. The highest BCUT2D eigenvalue weighted by Crippen LogP contribution is 2.59. The summed E-state index contributed by atoms with van der Waals surface area (Å²) in [6.07, 6.45) is 2.67. The van der Waals surface area contributed by atoms with Gasteiger partial charge in [-0.1, -0.05) is 6.92 Å². The summed E-state index contributed by atoms with van der Waals surface area (Å²) in [6, 6.07) is 1.74. The molecule has 0 aromatic carbocycles. The molecule has 1 saturated heterocycles. The van der Waals surface area contributed by atoms with Gasteiger partial charge in [0, 0.05) is 17.9 Å². The van der Waals surface area contributed by atoms with E-state index in [-0.39, 0.29) is 24.5 Å². The minimum Gasteiger partial charge on any atom is -0.481 e. The number of aliphatic carboxylic acids is 1. The molecule has 4 rings (SSSR count). The van der Waals surface area contributed by atoms with Crippen molar-refractivity contribution in [2.75, 3.05) is 0 Å². The monoisotopic (exact) mass is 362 g/mol. The number of rotatable bonds is 2. The van der Waals surface area contributed by atoms with Crippen LogP contribution in [0.3, 0.4) is 0 Å². The Bertz CT molecular complexity index is 739. The standard InChI is InChI=1S/C19H22O7/c1-19-7-15(9-2-3-25-8-9)26-18(24)13(19)6-14(21)16-11(17(22)23)4-10(20)5-12(16)19/h2-3,8,10-13,15-16,20H,4-7H2,1H3,(H,22,23)/t10-,11+,12+,13+,15-,16+,19-/m0/s1. The van der Waals surface area contributed by atoms with Gasteiger partial charge in [0.05, 0.1) is 30.5 Å². The zero-order chi connectivity index (χ0) is 18.6. The summed E-state index contributed by atoms with van der Waals surface area (Å²) in [6.45, 7) is 1.94. The summed E-state index contributed by atoms with van der Waals surface area (Å²) in [5, 5.41) is 19.8. The van der Waals surface area contributed by atoms with Crippen LogP contribution in [-0.2, 0) is 19.1 Å². The van der Waals surface area contributed by atoms with Gasteiger partial charge in [-0.3, -0.25) is 14.4 Å². The first-order valence-corrected chi connectivity index (χ1v) is 8.97. The van der Waals surface area contributed by atoms with Crippen molar-refractivity contribution in [1.82, 2.24) is 0 Å². The average Bonchev–Trinajstić information content (AvgIpc) is 3.10. The lowest BCUT2D eigenvalue weighted by Crippen LogP contribution is -2.59. The number of esters is 1. The predicted molar refractivity (Wildman–Crippen MR) is 86.7 cm³/mol. The quantitative estimate of drug-likeness (QED) is 0.773. The first kappa shape index (κ1) is 17.3. The minimum atomic E-state index is -1.06. The van der Waals surface area contributed by atoms with Crippen LogP contribution >= 0.6 is 0 Å². The number of carboxylic acids is 1. The third-order valence-electron chi connectivity index (χ3n) is 6.74. The Morgan fingerprint density at radius 2 is 2.08 bits per heavy atom. The number of Topliss-reactive ketones (excluding diaryl/α,β-unsaturated/α-hetero) is 1. The Morgan fingerprint density at radius 3 is 2.73 bits per heavy atom. The zero-order valence-electron chi connectivity index (χ0n) is 14.5. The summed E-state index contributed by atoms with van der Waals surface area (Å²) in [5.74, 6) is -4.20. The Hall–Kier alpha value is -2.15. The van der Waals surface area contributed by atoms with Crippen molar-refractivity contribution in [2.45, 2.75) is 44.8 Å². The van der Waals surface area contributed by atoms with Crippen molar-refractivity contribution >= 4 is 17.7 Å². The molecule has 0 unspecified atom stereocenters. The molecule has 1 aromatic heterocycles. The molecule has 7 atom stereocenters. The van der Waals surface area contributed by atoms with Crippen LogP contribution in [0.25, 0.3) is 0 Å². The van der Waals surface area contributed by atoms with Crippen molar-refractivity contribution in [3.8, 4) is 0 Å². The molecule has 1 aliphatic heterocycles. The number of hydrogen-bond acceptors (Lipinski definition) is 6. The molecular formula is C19H22O7. The average molecular weight is 362 g/mol. The van der Waals surface area contributed by atoms with E-state index in [0.717, 1.165) is 5.56 Å². The van der Waals surface area contributed by atoms with Gasteiger partial charge < -0.3 is 19.4 Å². The number of aliphatic hydroxyl groups excluding tert-OH is 1. The van der Waals surface area contributed by atoms with Crippen LogP contribution in [0.4, 0.5) is 0 Å². The molecule has 3 aliphatic rings. The van der Waals surface area contributed by atoms with Gasteiger partial charge in [0.15, 0.2) is 0 Å². The lowest BCUT2D eigenvalue weighted by atomic mass is 9.48. The van der Waals surface area contributed by atoms with E-state index in [4.69, 9.17) is 9.15 Å². The van der Waals surface area contributed by atoms with Crippen LogP contribution in [-0.4, -0.2) is 34.0 Å².